The molecule has 0 amide bonds. The molecule has 4 rings (SSSR count). The van der Waals surface area contributed by atoms with E-state index < -0.39 is 0 Å². The summed E-state index contributed by atoms with van der Waals surface area (Å²) in [5.74, 6) is 1.24. The van der Waals surface area contributed by atoms with Gasteiger partial charge in [-0.05, 0) is 36.5 Å². The molecule has 0 N–H and O–H groups in total. The molecule has 2 aromatic heterocycles. The van der Waals surface area contributed by atoms with Gasteiger partial charge in [0.2, 0.25) is 0 Å². The Kier molecular flexibility index (Phi) is 4.10. The van der Waals surface area contributed by atoms with E-state index in [4.69, 9.17) is 4.74 Å². The molecular weight excluding hydrogens is 290 g/mol. The van der Waals surface area contributed by atoms with E-state index in [1.165, 1.54) is 25.1 Å². The van der Waals surface area contributed by atoms with Crippen LogP contribution in [0.4, 0.5) is 0 Å². The van der Waals surface area contributed by atoms with Crippen LogP contribution in [0.25, 0.3) is 0 Å². The monoisotopic (exact) mass is 313 g/mol. The van der Waals surface area contributed by atoms with Gasteiger partial charge in [-0.25, -0.2) is 0 Å². The van der Waals surface area contributed by atoms with E-state index in [2.05, 4.69) is 20.2 Å². The lowest BCUT2D eigenvalue weighted by Gasteiger charge is -2.32. The number of fused-ring (bicyclic) bond motifs is 1. The molecule has 1 aliphatic heterocycles. The van der Waals surface area contributed by atoms with Crippen LogP contribution < -0.4 is 0 Å². The summed E-state index contributed by atoms with van der Waals surface area (Å²) in [6, 6.07) is 3.99. The maximum absolute atomic E-state index is 5.99. The Morgan fingerprint density at radius 1 is 1.26 bits per heavy atom. The third-order valence-corrected chi connectivity index (χ3v) is 4.73. The van der Waals surface area contributed by atoms with Crippen molar-refractivity contribution in [3.05, 3.63) is 41.5 Å². The maximum Gasteiger partial charge on any atom is 0.100 e. The number of nitrogens with zero attached hydrogens (tertiary/aromatic N) is 5. The van der Waals surface area contributed by atoms with E-state index in [-0.39, 0.29) is 0 Å². The zero-order chi connectivity index (χ0) is 15.6. The molecule has 3 heterocycles. The third kappa shape index (κ3) is 3.43. The predicted molar refractivity (Wildman–Crippen MR) is 85.6 cm³/mol. The molecule has 2 aliphatic rings. The van der Waals surface area contributed by atoms with Crippen molar-refractivity contribution in [1.82, 2.24) is 24.9 Å². The first-order valence-electron chi connectivity index (χ1n) is 8.37. The molecule has 0 saturated heterocycles. The lowest BCUT2D eigenvalue weighted by Crippen LogP contribution is -2.37. The predicted octanol–water partition coefficient (Wildman–Crippen LogP) is 1.74. The highest BCUT2D eigenvalue weighted by atomic mass is 16.5. The molecule has 23 heavy (non-hydrogen) atoms. The average Bonchev–Trinajstić information content (AvgIpc) is 3.30. The number of hydrogen-bond acceptors (Lipinski definition) is 5. The van der Waals surface area contributed by atoms with Crippen molar-refractivity contribution in [1.29, 1.82) is 0 Å². The molecule has 0 aromatic carbocycles. The average molecular weight is 313 g/mol. The highest BCUT2D eigenvalue weighted by Crippen LogP contribution is 2.33. The van der Waals surface area contributed by atoms with Gasteiger partial charge in [0.25, 0.3) is 0 Å². The van der Waals surface area contributed by atoms with Crippen molar-refractivity contribution in [3.63, 3.8) is 0 Å². The Hall–Kier alpha value is -1.79. The van der Waals surface area contributed by atoms with Gasteiger partial charge in [-0.15, -0.1) is 5.10 Å². The van der Waals surface area contributed by atoms with Crippen LogP contribution in [-0.4, -0.2) is 44.6 Å². The van der Waals surface area contributed by atoms with Crippen LogP contribution in [0.3, 0.4) is 0 Å². The standard InChI is InChI=1S/C17H23N5O/c1-21-17-15(12-23-11-14-4-6-18-7-5-14)9-22(8-13-2-3-13)10-16(17)19-20-21/h4-7,13,15H,2-3,8-12H2,1H3. The molecule has 0 spiro atoms. The molecule has 1 aliphatic carbocycles. The number of aromatic nitrogens is 4. The van der Waals surface area contributed by atoms with Crippen molar-refractivity contribution in [2.24, 2.45) is 13.0 Å². The second kappa shape index (κ2) is 6.37. The van der Waals surface area contributed by atoms with Crippen LogP contribution in [0.2, 0.25) is 0 Å². The lowest BCUT2D eigenvalue weighted by atomic mass is 9.98. The van der Waals surface area contributed by atoms with Crippen molar-refractivity contribution < 1.29 is 4.74 Å². The maximum atomic E-state index is 5.99. The smallest absolute Gasteiger partial charge is 0.100 e. The summed E-state index contributed by atoms with van der Waals surface area (Å²) in [7, 11) is 1.98. The normalized spacial score (nSPS) is 21.3. The second-order valence-electron chi connectivity index (χ2n) is 6.75. The fourth-order valence-corrected chi connectivity index (χ4v) is 3.43. The van der Waals surface area contributed by atoms with E-state index in [1.54, 1.807) is 12.4 Å². The van der Waals surface area contributed by atoms with Crippen molar-refractivity contribution >= 4 is 0 Å². The Bertz CT molecular complexity index is 652. The van der Waals surface area contributed by atoms with E-state index in [9.17, 15) is 0 Å². The Morgan fingerprint density at radius 2 is 2.09 bits per heavy atom. The highest BCUT2D eigenvalue weighted by Gasteiger charge is 2.33. The molecule has 6 nitrogen and oxygen atoms in total. The first-order valence-corrected chi connectivity index (χ1v) is 8.37. The van der Waals surface area contributed by atoms with Crippen molar-refractivity contribution in [3.8, 4) is 0 Å². The summed E-state index contributed by atoms with van der Waals surface area (Å²) in [4.78, 5) is 6.56. The van der Waals surface area contributed by atoms with E-state index in [0.717, 1.165) is 30.3 Å². The van der Waals surface area contributed by atoms with E-state index in [1.807, 2.05) is 23.9 Å². The summed E-state index contributed by atoms with van der Waals surface area (Å²) in [5, 5.41) is 8.58. The quantitative estimate of drug-likeness (QED) is 0.813. The molecule has 1 saturated carbocycles. The lowest BCUT2D eigenvalue weighted by molar-refractivity contribution is 0.0835. The van der Waals surface area contributed by atoms with Crippen molar-refractivity contribution in [2.45, 2.75) is 31.9 Å². The Balaban J connectivity index is 1.41. The van der Waals surface area contributed by atoms with Crippen LogP contribution >= 0.6 is 0 Å². The SMILES string of the molecule is Cn1nnc2c1C(COCc1ccncc1)CN(CC1CC1)C2. The second-order valence-corrected chi connectivity index (χ2v) is 6.75. The van der Waals surface area contributed by atoms with Gasteiger partial charge in [0.05, 0.1) is 18.9 Å². The van der Waals surface area contributed by atoms with Gasteiger partial charge < -0.3 is 4.74 Å². The summed E-state index contributed by atoms with van der Waals surface area (Å²) in [6.45, 7) is 4.50. The zero-order valence-electron chi connectivity index (χ0n) is 13.6. The Labute approximate surface area is 136 Å². The van der Waals surface area contributed by atoms with Crippen LogP contribution in [-0.2, 0) is 24.9 Å². The molecule has 1 atom stereocenters. The summed E-state index contributed by atoms with van der Waals surface area (Å²) < 4.78 is 7.91. The van der Waals surface area contributed by atoms with Crippen LogP contribution in [0.15, 0.2) is 24.5 Å². The van der Waals surface area contributed by atoms with Crippen LogP contribution in [0.1, 0.15) is 35.7 Å². The van der Waals surface area contributed by atoms with E-state index in [0.29, 0.717) is 19.1 Å². The number of aryl methyl sites for hydroxylation is 1. The van der Waals surface area contributed by atoms with Crippen LogP contribution in [0, 0.1) is 5.92 Å². The van der Waals surface area contributed by atoms with Crippen LogP contribution in [0.5, 0.6) is 0 Å². The first kappa shape index (κ1) is 14.8. The minimum atomic E-state index is 0.347. The fourth-order valence-electron chi connectivity index (χ4n) is 3.43. The largest absolute Gasteiger partial charge is 0.376 e. The van der Waals surface area contributed by atoms with Gasteiger partial charge in [0, 0.05) is 45.0 Å². The van der Waals surface area contributed by atoms with Crippen molar-refractivity contribution in [2.75, 3.05) is 19.7 Å². The number of pyridine rings is 1. The van der Waals surface area contributed by atoms with E-state index >= 15 is 0 Å². The summed E-state index contributed by atoms with van der Waals surface area (Å²) >= 11 is 0. The fraction of sp³-hybridized carbons (Fsp3) is 0.588. The van der Waals surface area contributed by atoms with Gasteiger partial charge in [-0.2, -0.15) is 0 Å². The molecule has 0 radical (unpaired) electrons. The van der Waals surface area contributed by atoms with Gasteiger partial charge in [0.1, 0.15) is 5.69 Å². The third-order valence-electron chi connectivity index (χ3n) is 4.73. The summed E-state index contributed by atoms with van der Waals surface area (Å²) in [5.41, 5.74) is 3.53. The molecule has 1 fully saturated rings. The molecular formula is C17H23N5O. The number of hydrogen-bond donors (Lipinski definition) is 0. The van der Waals surface area contributed by atoms with Gasteiger partial charge in [-0.3, -0.25) is 14.6 Å². The molecule has 122 valence electrons. The van der Waals surface area contributed by atoms with Gasteiger partial charge in [0.15, 0.2) is 0 Å². The molecule has 6 heteroatoms. The topological polar surface area (TPSA) is 56.1 Å². The number of rotatable bonds is 6. The highest BCUT2D eigenvalue weighted by molar-refractivity contribution is 5.20. The van der Waals surface area contributed by atoms with Gasteiger partial charge >= 0.3 is 0 Å². The molecule has 1 unspecified atom stereocenters. The molecule has 2 aromatic rings. The zero-order valence-corrected chi connectivity index (χ0v) is 13.6. The molecule has 0 bridgehead atoms. The minimum Gasteiger partial charge on any atom is -0.376 e. The minimum absolute atomic E-state index is 0.347. The number of ether oxygens (including phenoxy) is 1. The Morgan fingerprint density at radius 3 is 2.87 bits per heavy atom. The first-order chi connectivity index (χ1) is 11.3. The summed E-state index contributed by atoms with van der Waals surface area (Å²) in [6.07, 6.45) is 6.37. The van der Waals surface area contributed by atoms with Gasteiger partial charge in [-0.1, -0.05) is 5.21 Å².